The Morgan fingerprint density at radius 3 is 2.67 bits per heavy atom. The minimum Gasteiger partial charge on any atom is -0.477 e. The van der Waals surface area contributed by atoms with Crippen molar-refractivity contribution >= 4 is 21.7 Å². The zero-order valence-electron chi connectivity index (χ0n) is 9.58. The van der Waals surface area contributed by atoms with E-state index in [1.165, 1.54) is 12.3 Å². The summed E-state index contributed by atoms with van der Waals surface area (Å²) in [4.78, 5) is 25.8. The average Bonchev–Trinajstić information content (AvgIpc) is 2.27. The lowest BCUT2D eigenvalue weighted by atomic mass is 10.2. The molecule has 0 aliphatic heterocycles. The average molecular weight is 272 g/mol. The van der Waals surface area contributed by atoms with Gasteiger partial charge in [0.15, 0.2) is 0 Å². The molecular weight excluding hydrogens is 260 g/mol. The van der Waals surface area contributed by atoms with Crippen LogP contribution in [0.5, 0.6) is 0 Å². The Labute approximate surface area is 104 Å². The van der Waals surface area contributed by atoms with Gasteiger partial charge in [0.2, 0.25) is 0 Å². The first-order valence-electron chi connectivity index (χ1n) is 4.95. The van der Waals surface area contributed by atoms with E-state index >= 15 is 0 Å². The van der Waals surface area contributed by atoms with Crippen LogP contribution in [-0.2, 0) is 9.84 Å². The van der Waals surface area contributed by atoms with Gasteiger partial charge >= 0.3 is 5.97 Å². The standard InChI is InChI=1S/C10H12N2O5S/c1-18(16,17)5-4-12-9(13)7-2-3-11-8(6-7)10(14)15/h2-3,6H,4-5H2,1H3,(H,12,13)(H,14,15). The Bertz CT molecular complexity index is 567. The molecule has 2 N–H and O–H groups in total. The van der Waals surface area contributed by atoms with E-state index < -0.39 is 21.7 Å². The van der Waals surface area contributed by atoms with Crippen molar-refractivity contribution in [2.75, 3.05) is 18.6 Å². The van der Waals surface area contributed by atoms with Crippen molar-refractivity contribution < 1.29 is 23.1 Å². The molecule has 1 aromatic heterocycles. The molecule has 0 bridgehead atoms. The number of nitrogens with one attached hydrogen (secondary N) is 1. The van der Waals surface area contributed by atoms with E-state index in [4.69, 9.17) is 5.11 Å². The number of aromatic carboxylic acids is 1. The molecule has 0 aliphatic rings. The molecule has 98 valence electrons. The summed E-state index contributed by atoms with van der Waals surface area (Å²) < 4.78 is 21.7. The molecule has 0 aliphatic carbocycles. The second-order valence-corrected chi connectivity index (χ2v) is 5.88. The highest BCUT2D eigenvalue weighted by molar-refractivity contribution is 7.90. The summed E-state index contributed by atoms with van der Waals surface area (Å²) in [5.41, 5.74) is -0.123. The molecule has 0 fully saturated rings. The van der Waals surface area contributed by atoms with Crippen LogP contribution in [0.15, 0.2) is 18.3 Å². The molecule has 0 saturated carbocycles. The zero-order chi connectivity index (χ0) is 13.8. The van der Waals surface area contributed by atoms with Gasteiger partial charge in [0, 0.05) is 24.6 Å². The molecular formula is C10H12N2O5S. The van der Waals surface area contributed by atoms with Crippen LogP contribution in [0.25, 0.3) is 0 Å². The van der Waals surface area contributed by atoms with E-state index in [1.54, 1.807) is 0 Å². The second-order valence-electron chi connectivity index (χ2n) is 3.62. The van der Waals surface area contributed by atoms with Crippen LogP contribution in [0.3, 0.4) is 0 Å². The van der Waals surface area contributed by atoms with Crippen LogP contribution in [0.1, 0.15) is 20.8 Å². The first-order chi connectivity index (χ1) is 8.29. The number of hydrogen-bond acceptors (Lipinski definition) is 5. The van der Waals surface area contributed by atoms with Crippen molar-refractivity contribution in [3.8, 4) is 0 Å². The number of rotatable bonds is 5. The molecule has 1 amide bonds. The molecule has 0 atom stereocenters. The van der Waals surface area contributed by atoms with Gasteiger partial charge in [0.25, 0.3) is 5.91 Å². The molecule has 1 aromatic rings. The summed E-state index contributed by atoms with van der Waals surface area (Å²) in [7, 11) is -3.14. The van der Waals surface area contributed by atoms with Crippen LogP contribution < -0.4 is 5.32 Å². The van der Waals surface area contributed by atoms with Crippen molar-refractivity contribution in [1.82, 2.24) is 10.3 Å². The number of sulfone groups is 1. The highest BCUT2D eigenvalue weighted by atomic mass is 32.2. The van der Waals surface area contributed by atoms with Crippen molar-refractivity contribution in [3.05, 3.63) is 29.6 Å². The molecule has 18 heavy (non-hydrogen) atoms. The number of aromatic nitrogens is 1. The molecule has 0 saturated heterocycles. The summed E-state index contributed by atoms with van der Waals surface area (Å²) in [6.07, 6.45) is 2.27. The maximum Gasteiger partial charge on any atom is 0.354 e. The summed E-state index contributed by atoms with van der Waals surface area (Å²) in [6, 6.07) is 2.47. The Morgan fingerprint density at radius 2 is 2.11 bits per heavy atom. The third-order valence-electron chi connectivity index (χ3n) is 2.00. The molecule has 7 nitrogen and oxygen atoms in total. The number of hydrogen-bond donors (Lipinski definition) is 2. The number of carbonyl (C=O) groups excluding carboxylic acids is 1. The minimum absolute atomic E-state index is 0.0254. The van der Waals surface area contributed by atoms with Gasteiger partial charge < -0.3 is 10.4 Å². The Balaban J connectivity index is 2.67. The van der Waals surface area contributed by atoms with Crippen LogP contribution in [0.2, 0.25) is 0 Å². The summed E-state index contributed by atoms with van der Waals surface area (Å²) in [6.45, 7) is -0.0254. The molecule has 1 heterocycles. The van der Waals surface area contributed by atoms with Crippen LogP contribution in [0, 0.1) is 0 Å². The van der Waals surface area contributed by atoms with Crippen molar-refractivity contribution in [3.63, 3.8) is 0 Å². The van der Waals surface area contributed by atoms with Crippen LogP contribution in [0.4, 0.5) is 0 Å². The number of carboxylic acids is 1. The fraction of sp³-hybridized carbons (Fsp3) is 0.300. The Morgan fingerprint density at radius 1 is 1.44 bits per heavy atom. The monoisotopic (exact) mass is 272 g/mol. The largest absolute Gasteiger partial charge is 0.477 e. The van der Waals surface area contributed by atoms with E-state index in [-0.39, 0.29) is 23.6 Å². The third-order valence-corrected chi connectivity index (χ3v) is 2.95. The van der Waals surface area contributed by atoms with E-state index in [0.29, 0.717) is 0 Å². The van der Waals surface area contributed by atoms with E-state index in [0.717, 1.165) is 12.3 Å². The molecule has 8 heteroatoms. The van der Waals surface area contributed by atoms with Crippen molar-refractivity contribution in [2.45, 2.75) is 0 Å². The number of carbonyl (C=O) groups is 2. The zero-order valence-corrected chi connectivity index (χ0v) is 10.4. The second kappa shape index (κ2) is 5.58. The first kappa shape index (κ1) is 14.1. The highest BCUT2D eigenvalue weighted by Gasteiger charge is 2.11. The number of pyridine rings is 1. The molecule has 0 spiro atoms. The fourth-order valence-corrected chi connectivity index (χ4v) is 1.61. The molecule has 0 aromatic carbocycles. The van der Waals surface area contributed by atoms with Gasteiger partial charge in [0.05, 0.1) is 5.75 Å². The quantitative estimate of drug-likeness (QED) is 0.750. The normalized spacial score (nSPS) is 10.9. The van der Waals surface area contributed by atoms with Crippen molar-refractivity contribution in [1.29, 1.82) is 0 Å². The first-order valence-corrected chi connectivity index (χ1v) is 7.01. The summed E-state index contributed by atoms with van der Waals surface area (Å²) >= 11 is 0. The fourth-order valence-electron chi connectivity index (χ4n) is 1.14. The molecule has 0 unspecified atom stereocenters. The summed E-state index contributed by atoms with van der Waals surface area (Å²) in [5, 5.41) is 11.1. The lowest BCUT2D eigenvalue weighted by molar-refractivity contribution is 0.0690. The predicted molar refractivity (Wildman–Crippen MR) is 63.2 cm³/mol. The van der Waals surface area contributed by atoms with E-state index in [2.05, 4.69) is 10.3 Å². The van der Waals surface area contributed by atoms with Gasteiger partial charge in [-0.05, 0) is 12.1 Å². The number of nitrogens with zero attached hydrogens (tertiary/aromatic N) is 1. The SMILES string of the molecule is CS(=O)(=O)CCNC(=O)c1ccnc(C(=O)O)c1. The predicted octanol–water partition coefficient (Wildman–Crippen LogP) is -0.446. The van der Waals surface area contributed by atoms with Gasteiger partial charge in [-0.2, -0.15) is 0 Å². The van der Waals surface area contributed by atoms with E-state index in [1.807, 2.05) is 0 Å². The number of amides is 1. The molecule has 1 rings (SSSR count). The summed E-state index contributed by atoms with van der Waals surface area (Å²) in [5.74, 6) is -1.94. The lowest BCUT2D eigenvalue weighted by Gasteiger charge is -2.04. The van der Waals surface area contributed by atoms with Crippen LogP contribution in [-0.4, -0.2) is 48.9 Å². The van der Waals surface area contributed by atoms with Gasteiger partial charge in [-0.3, -0.25) is 4.79 Å². The maximum atomic E-state index is 11.6. The highest BCUT2D eigenvalue weighted by Crippen LogP contribution is 2.01. The minimum atomic E-state index is -3.14. The maximum absolute atomic E-state index is 11.6. The van der Waals surface area contributed by atoms with Gasteiger partial charge in [0.1, 0.15) is 15.5 Å². The Kier molecular flexibility index (Phi) is 4.38. The topological polar surface area (TPSA) is 113 Å². The van der Waals surface area contributed by atoms with Crippen molar-refractivity contribution in [2.24, 2.45) is 0 Å². The Hall–Kier alpha value is -1.96. The smallest absolute Gasteiger partial charge is 0.354 e. The van der Waals surface area contributed by atoms with Gasteiger partial charge in [-0.1, -0.05) is 0 Å². The molecule has 0 radical (unpaired) electrons. The van der Waals surface area contributed by atoms with Gasteiger partial charge in [-0.15, -0.1) is 0 Å². The lowest BCUT2D eigenvalue weighted by Crippen LogP contribution is -2.29. The number of carboxylic acid groups (broad SMARTS) is 1. The third kappa shape index (κ3) is 4.50. The van der Waals surface area contributed by atoms with Gasteiger partial charge in [-0.25, -0.2) is 18.2 Å². The van der Waals surface area contributed by atoms with Crippen LogP contribution >= 0.6 is 0 Å². The van der Waals surface area contributed by atoms with E-state index in [9.17, 15) is 18.0 Å².